The van der Waals surface area contributed by atoms with Crippen LogP contribution in [0.4, 0.5) is 21.7 Å². The largest absolute Gasteiger partial charge is 0.319 e. The van der Waals surface area contributed by atoms with Gasteiger partial charge >= 0.3 is 0 Å². The molecule has 1 aromatic carbocycles. The first-order chi connectivity index (χ1) is 11.7. The number of nitrogens with one attached hydrogen (secondary N) is 1. The Morgan fingerprint density at radius 2 is 2.00 bits per heavy atom. The number of carbonyl (C=O) groups excluding carboxylic acids is 1. The van der Waals surface area contributed by atoms with Crippen LogP contribution in [0.1, 0.15) is 14.5 Å². The van der Waals surface area contributed by atoms with Crippen LogP contribution in [0.2, 0.25) is 0 Å². The Bertz CT molecular complexity index is 897. The number of hydrogen-bond donors (Lipinski definition) is 1. The molecule has 1 N–H and O–H groups in total. The van der Waals surface area contributed by atoms with Crippen molar-refractivity contribution in [2.45, 2.75) is 6.42 Å². The first-order valence-electron chi connectivity index (χ1n) is 7.45. The number of hydrogen-bond acceptors (Lipinski definition) is 5. The molecule has 1 aliphatic rings. The van der Waals surface area contributed by atoms with Crippen LogP contribution < -0.4 is 10.2 Å². The van der Waals surface area contributed by atoms with Gasteiger partial charge in [-0.2, -0.15) is 0 Å². The topological polar surface area (TPSA) is 58.1 Å². The van der Waals surface area contributed by atoms with Gasteiger partial charge in [0.2, 0.25) is 5.95 Å². The standard InChI is InChI=1S/C17H13FN4OS/c18-11-4-1-2-5-12(11)21-16(23)15-10-13-14(24-15)6-9-22(13)17-19-7-3-8-20-17/h1-5,7-8,10H,6,9H2,(H,21,23). The van der Waals surface area contributed by atoms with E-state index in [2.05, 4.69) is 15.3 Å². The Morgan fingerprint density at radius 3 is 2.79 bits per heavy atom. The smallest absolute Gasteiger partial charge is 0.265 e. The van der Waals surface area contributed by atoms with Crippen LogP contribution in [-0.2, 0) is 6.42 Å². The molecular formula is C17H13FN4OS. The van der Waals surface area contributed by atoms with E-state index in [0.29, 0.717) is 10.8 Å². The van der Waals surface area contributed by atoms with Gasteiger partial charge < -0.3 is 10.2 Å². The summed E-state index contributed by atoms with van der Waals surface area (Å²) in [6.07, 6.45) is 4.22. The SMILES string of the molecule is O=C(Nc1ccccc1F)c1cc2c(s1)CCN2c1ncccn1. The van der Waals surface area contributed by atoms with E-state index in [1.165, 1.54) is 17.4 Å². The number of benzene rings is 1. The second-order valence-corrected chi connectivity index (χ2v) is 6.44. The van der Waals surface area contributed by atoms with Gasteiger partial charge in [0.05, 0.1) is 16.3 Å². The zero-order valence-electron chi connectivity index (χ0n) is 12.6. The van der Waals surface area contributed by atoms with Crippen molar-refractivity contribution >= 4 is 34.6 Å². The molecule has 0 unspecified atom stereocenters. The molecular weight excluding hydrogens is 327 g/mol. The van der Waals surface area contributed by atoms with Crippen molar-refractivity contribution in [3.05, 3.63) is 64.4 Å². The number of halogens is 1. The first-order valence-corrected chi connectivity index (χ1v) is 8.27. The Labute approximate surface area is 141 Å². The van der Waals surface area contributed by atoms with E-state index in [9.17, 15) is 9.18 Å². The fourth-order valence-electron chi connectivity index (χ4n) is 2.66. The number of nitrogens with zero attached hydrogens (tertiary/aromatic N) is 3. The second kappa shape index (κ2) is 6.01. The van der Waals surface area contributed by atoms with Crippen LogP contribution in [0, 0.1) is 5.82 Å². The summed E-state index contributed by atoms with van der Waals surface area (Å²) in [5, 5.41) is 2.62. The van der Waals surface area contributed by atoms with Crippen LogP contribution in [0.15, 0.2) is 48.8 Å². The lowest BCUT2D eigenvalue weighted by Gasteiger charge is -2.15. The molecule has 1 amide bonds. The number of thiophene rings is 1. The zero-order chi connectivity index (χ0) is 16.5. The van der Waals surface area contributed by atoms with Gasteiger partial charge in [-0.25, -0.2) is 14.4 Å². The Morgan fingerprint density at radius 1 is 1.21 bits per heavy atom. The number of para-hydroxylation sites is 1. The summed E-state index contributed by atoms with van der Waals surface area (Å²) in [5.41, 5.74) is 1.13. The van der Waals surface area contributed by atoms with Gasteiger partial charge in [-0.15, -0.1) is 11.3 Å². The number of fused-ring (bicyclic) bond motifs is 1. The van der Waals surface area contributed by atoms with Gasteiger partial charge in [-0.1, -0.05) is 12.1 Å². The van der Waals surface area contributed by atoms with Crippen molar-refractivity contribution in [3.8, 4) is 0 Å². The van der Waals surface area contributed by atoms with E-state index >= 15 is 0 Å². The van der Waals surface area contributed by atoms with Gasteiger partial charge in [0.15, 0.2) is 0 Å². The van der Waals surface area contributed by atoms with E-state index in [4.69, 9.17) is 0 Å². The predicted octanol–water partition coefficient (Wildman–Crippen LogP) is 3.62. The highest BCUT2D eigenvalue weighted by Crippen LogP contribution is 2.39. The quantitative estimate of drug-likeness (QED) is 0.791. The fourth-order valence-corrected chi connectivity index (χ4v) is 3.70. The first kappa shape index (κ1) is 14.8. The molecule has 5 nitrogen and oxygen atoms in total. The van der Waals surface area contributed by atoms with Crippen molar-refractivity contribution < 1.29 is 9.18 Å². The summed E-state index contributed by atoms with van der Waals surface area (Å²) >= 11 is 1.42. The number of aromatic nitrogens is 2. The molecule has 2 aromatic heterocycles. The average molecular weight is 340 g/mol. The van der Waals surface area contributed by atoms with Gasteiger partial charge in [-0.05, 0) is 24.3 Å². The molecule has 0 saturated carbocycles. The lowest BCUT2D eigenvalue weighted by atomic mass is 10.3. The molecule has 3 aromatic rings. The summed E-state index contributed by atoms with van der Waals surface area (Å²) in [7, 11) is 0. The molecule has 7 heteroatoms. The van der Waals surface area contributed by atoms with Crippen LogP contribution >= 0.6 is 11.3 Å². The van der Waals surface area contributed by atoms with E-state index in [0.717, 1.165) is 23.5 Å². The number of anilines is 3. The van der Waals surface area contributed by atoms with E-state index in [1.54, 1.807) is 36.7 Å². The molecule has 0 saturated heterocycles. The Balaban J connectivity index is 1.59. The van der Waals surface area contributed by atoms with Gasteiger partial charge in [0, 0.05) is 30.2 Å². The highest BCUT2D eigenvalue weighted by atomic mass is 32.1. The van der Waals surface area contributed by atoms with Crippen molar-refractivity contribution in [1.82, 2.24) is 9.97 Å². The molecule has 24 heavy (non-hydrogen) atoms. The summed E-state index contributed by atoms with van der Waals surface area (Å²) < 4.78 is 13.7. The summed E-state index contributed by atoms with van der Waals surface area (Å²) in [4.78, 5) is 24.6. The summed E-state index contributed by atoms with van der Waals surface area (Å²) in [6.45, 7) is 0.792. The number of amides is 1. The molecule has 0 radical (unpaired) electrons. The lowest BCUT2D eigenvalue weighted by Crippen LogP contribution is -2.16. The maximum absolute atomic E-state index is 13.7. The van der Waals surface area contributed by atoms with E-state index < -0.39 is 5.82 Å². The third-order valence-electron chi connectivity index (χ3n) is 3.78. The lowest BCUT2D eigenvalue weighted by molar-refractivity contribution is 0.103. The maximum atomic E-state index is 13.7. The molecule has 0 atom stereocenters. The monoisotopic (exact) mass is 340 g/mol. The van der Waals surface area contributed by atoms with E-state index in [1.807, 2.05) is 11.0 Å². The molecule has 0 bridgehead atoms. The van der Waals surface area contributed by atoms with Crippen LogP contribution in [0.5, 0.6) is 0 Å². The molecule has 0 fully saturated rings. The minimum atomic E-state index is -0.450. The molecule has 120 valence electrons. The maximum Gasteiger partial charge on any atom is 0.265 e. The number of rotatable bonds is 3. The van der Waals surface area contributed by atoms with Crippen molar-refractivity contribution in [2.75, 3.05) is 16.8 Å². The third-order valence-corrected chi connectivity index (χ3v) is 4.96. The molecule has 4 rings (SSSR count). The Kier molecular flexibility index (Phi) is 3.70. The highest BCUT2D eigenvalue weighted by molar-refractivity contribution is 7.14. The third kappa shape index (κ3) is 2.63. The summed E-state index contributed by atoms with van der Waals surface area (Å²) in [6, 6.07) is 9.71. The average Bonchev–Trinajstić information content (AvgIpc) is 3.18. The minimum Gasteiger partial charge on any atom is -0.319 e. The van der Waals surface area contributed by atoms with Crippen LogP contribution in [0.25, 0.3) is 0 Å². The molecule has 0 aliphatic carbocycles. The Hall–Kier alpha value is -2.80. The van der Waals surface area contributed by atoms with Crippen LogP contribution in [0.3, 0.4) is 0 Å². The normalized spacial score (nSPS) is 13.0. The van der Waals surface area contributed by atoms with Gasteiger partial charge in [0.1, 0.15) is 5.82 Å². The number of carbonyl (C=O) groups is 1. The molecule has 0 spiro atoms. The van der Waals surface area contributed by atoms with Crippen molar-refractivity contribution in [3.63, 3.8) is 0 Å². The van der Waals surface area contributed by atoms with Gasteiger partial charge in [0.25, 0.3) is 5.91 Å². The minimum absolute atomic E-state index is 0.180. The van der Waals surface area contributed by atoms with E-state index in [-0.39, 0.29) is 11.6 Å². The fraction of sp³-hybridized carbons (Fsp3) is 0.118. The second-order valence-electron chi connectivity index (χ2n) is 5.30. The molecule has 1 aliphatic heterocycles. The van der Waals surface area contributed by atoms with Crippen LogP contribution in [-0.4, -0.2) is 22.4 Å². The van der Waals surface area contributed by atoms with Crippen molar-refractivity contribution in [1.29, 1.82) is 0 Å². The van der Waals surface area contributed by atoms with Crippen molar-refractivity contribution in [2.24, 2.45) is 0 Å². The molecule has 3 heterocycles. The zero-order valence-corrected chi connectivity index (χ0v) is 13.4. The van der Waals surface area contributed by atoms with Gasteiger partial charge in [-0.3, -0.25) is 4.79 Å². The predicted molar refractivity (Wildman–Crippen MR) is 91.4 cm³/mol. The summed E-state index contributed by atoms with van der Waals surface area (Å²) in [5.74, 6) is -0.141. The highest BCUT2D eigenvalue weighted by Gasteiger charge is 2.27.